The van der Waals surface area contributed by atoms with Gasteiger partial charge in [0.25, 0.3) is 5.91 Å². The third-order valence-electron chi connectivity index (χ3n) is 5.73. The number of carboxylic acids is 1. The standard InChI is InChI=1S/C26H24N2O7/c1-15(25(30)31)35-28-24(29)21-13-16(33-2)11-12-23(21)27-26(32)34-14-22-19-9-5-3-7-17(19)18-8-4-6-10-20(18)22/h3-13,15,22H,14H2,1-2H3,(H,27,32)(H,28,29)(H,30,31). The van der Waals surface area contributed by atoms with Gasteiger partial charge in [-0.25, -0.2) is 15.1 Å². The lowest BCUT2D eigenvalue weighted by atomic mass is 9.98. The minimum Gasteiger partial charge on any atom is -0.497 e. The van der Waals surface area contributed by atoms with Gasteiger partial charge < -0.3 is 14.6 Å². The monoisotopic (exact) mass is 476 g/mol. The minimum atomic E-state index is -1.26. The van der Waals surface area contributed by atoms with E-state index in [9.17, 15) is 14.4 Å². The fourth-order valence-electron chi connectivity index (χ4n) is 3.94. The van der Waals surface area contributed by atoms with Crippen molar-refractivity contribution in [3.63, 3.8) is 0 Å². The second kappa shape index (κ2) is 10.3. The van der Waals surface area contributed by atoms with Gasteiger partial charge in [-0.3, -0.25) is 14.9 Å². The first-order chi connectivity index (χ1) is 16.9. The number of benzene rings is 3. The van der Waals surface area contributed by atoms with Crippen molar-refractivity contribution in [3.05, 3.63) is 83.4 Å². The number of carbonyl (C=O) groups excluding carboxylic acids is 2. The Morgan fingerprint density at radius 3 is 2.20 bits per heavy atom. The summed E-state index contributed by atoms with van der Waals surface area (Å²) in [5.74, 6) is -1.75. The van der Waals surface area contributed by atoms with Gasteiger partial charge in [0.2, 0.25) is 0 Å². The zero-order valence-electron chi connectivity index (χ0n) is 19.1. The van der Waals surface area contributed by atoms with Crippen LogP contribution in [0.15, 0.2) is 66.7 Å². The summed E-state index contributed by atoms with van der Waals surface area (Å²) in [5.41, 5.74) is 6.62. The van der Waals surface area contributed by atoms with E-state index in [0.29, 0.717) is 5.75 Å². The number of anilines is 1. The van der Waals surface area contributed by atoms with Gasteiger partial charge in [-0.2, -0.15) is 0 Å². The average Bonchev–Trinajstić information content (AvgIpc) is 3.19. The van der Waals surface area contributed by atoms with Crippen molar-refractivity contribution in [1.82, 2.24) is 5.48 Å². The molecule has 0 spiro atoms. The minimum absolute atomic E-state index is 0.00967. The third kappa shape index (κ3) is 5.10. The molecule has 4 rings (SSSR count). The van der Waals surface area contributed by atoms with Gasteiger partial charge in [0, 0.05) is 5.92 Å². The Hall–Kier alpha value is -4.37. The zero-order chi connectivity index (χ0) is 24.9. The molecule has 35 heavy (non-hydrogen) atoms. The molecule has 2 amide bonds. The van der Waals surface area contributed by atoms with Crippen LogP contribution in [0.5, 0.6) is 5.75 Å². The highest BCUT2D eigenvalue weighted by atomic mass is 16.7. The summed E-state index contributed by atoms with van der Waals surface area (Å²) in [7, 11) is 1.43. The summed E-state index contributed by atoms with van der Waals surface area (Å²) < 4.78 is 10.7. The van der Waals surface area contributed by atoms with Crippen molar-refractivity contribution in [2.75, 3.05) is 19.0 Å². The number of hydrogen-bond acceptors (Lipinski definition) is 6. The summed E-state index contributed by atoms with van der Waals surface area (Å²) in [4.78, 5) is 41.1. The number of carboxylic acid groups (broad SMARTS) is 1. The molecular weight excluding hydrogens is 452 g/mol. The smallest absolute Gasteiger partial charge is 0.411 e. The van der Waals surface area contributed by atoms with E-state index in [-0.39, 0.29) is 23.8 Å². The number of hydrogen-bond donors (Lipinski definition) is 3. The van der Waals surface area contributed by atoms with Gasteiger partial charge >= 0.3 is 12.1 Å². The van der Waals surface area contributed by atoms with Crippen LogP contribution in [-0.2, 0) is 14.4 Å². The van der Waals surface area contributed by atoms with Crippen LogP contribution in [-0.4, -0.2) is 42.9 Å². The molecule has 1 aliphatic carbocycles. The highest BCUT2D eigenvalue weighted by molar-refractivity contribution is 6.02. The predicted molar refractivity (Wildman–Crippen MR) is 127 cm³/mol. The van der Waals surface area contributed by atoms with Crippen molar-refractivity contribution in [2.24, 2.45) is 0 Å². The van der Waals surface area contributed by atoms with E-state index in [4.69, 9.17) is 19.4 Å². The molecule has 0 bridgehead atoms. The number of nitrogens with one attached hydrogen (secondary N) is 2. The van der Waals surface area contributed by atoms with Gasteiger partial charge in [-0.1, -0.05) is 48.5 Å². The number of aliphatic carboxylic acids is 1. The fraction of sp³-hybridized carbons (Fsp3) is 0.192. The van der Waals surface area contributed by atoms with E-state index in [1.165, 1.54) is 26.2 Å². The number of methoxy groups -OCH3 is 1. The summed E-state index contributed by atoms with van der Waals surface area (Å²) in [5, 5.41) is 11.5. The highest BCUT2D eigenvalue weighted by Crippen LogP contribution is 2.44. The summed E-state index contributed by atoms with van der Waals surface area (Å²) in [6.45, 7) is 1.38. The maximum atomic E-state index is 12.7. The van der Waals surface area contributed by atoms with Crippen LogP contribution in [0.3, 0.4) is 0 Å². The van der Waals surface area contributed by atoms with Gasteiger partial charge in [0.1, 0.15) is 12.4 Å². The van der Waals surface area contributed by atoms with Crippen molar-refractivity contribution in [3.8, 4) is 16.9 Å². The largest absolute Gasteiger partial charge is 0.497 e. The Bertz CT molecular complexity index is 1230. The quantitative estimate of drug-likeness (QED) is 0.417. The Morgan fingerprint density at radius 1 is 0.971 bits per heavy atom. The van der Waals surface area contributed by atoms with Gasteiger partial charge in [-0.05, 0) is 47.4 Å². The van der Waals surface area contributed by atoms with Gasteiger partial charge in [0.15, 0.2) is 6.10 Å². The Kier molecular flexibility index (Phi) is 6.98. The van der Waals surface area contributed by atoms with Crippen LogP contribution in [0, 0.1) is 0 Å². The molecule has 1 aliphatic rings. The van der Waals surface area contributed by atoms with E-state index < -0.39 is 24.1 Å². The second-order valence-electron chi connectivity index (χ2n) is 7.89. The van der Waals surface area contributed by atoms with Gasteiger partial charge in [-0.15, -0.1) is 0 Å². The fourth-order valence-corrected chi connectivity index (χ4v) is 3.94. The molecule has 0 saturated heterocycles. The SMILES string of the molecule is COc1ccc(NC(=O)OCC2c3ccccc3-c3ccccc32)c(C(=O)NOC(C)C(=O)O)c1. The van der Waals surface area contributed by atoms with Crippen molar-refractivity contribution < 1.29 is 33.8 Å². The number of rotatable bonds is 8. The van der Waals surface area contributed by atoms with E-state index in [1.807, 2.05) is 48.5 Å². The van der Waals surface area contributed by atoms with E-state index in [2.05, 4.69) is 10.8 Å². The highest BCUT2D eigenvalue weighted by Gasteiger charge is 2.29. The topological polar surface area (TPSA) is 123 Å². The summed E-state index contributed by atoms with van der Waals surface area (Å²) in [6.07, 6.45) is -2.01. The van der Waals surface area contributed by atoms with Crippen LogP contribution in [0.2, 0.25) is 0 Å². The zero-order valence-corrected chi connectivity index (χ0v) is 19.1. The molecule has 0 aromatic heterocycles. The molecule has 0 heterocycles. The third-order valence-corrected chi connectivity index (χ3v) is 5.73. The van der Waals surface area contributed by atoms with E-state index >= 15 is 0 Å². The molecule has 3 aromatic rings. The maximum absolute atomic E-state index is 12.7. The van der Waals surface area contributed by atoms with Crippen LogP contribution >= 0.6 is 0 Å². The predicted octanol–water partition coefficient (Wildman–Crippen LogP) is 4.19. The lowest BCUT2D eigenvalue weighted by molar-refractivity contribution is -0.152. The molecule has 0 saturated carbocycles. The molecule has 9 nitrogen and oxygen atoms in total. The molecule has 0 fully saturated rings. The molecule has 180 valence electrons. The van der Waals surface area contributed by atoms with Crippen molar-refractivity contribution in [1.29, 1.82) is 0 Å². The first-order valence-corrected chi connectivity index (χ1v) is 10.9. The first kappa shape index (κ1) is 23.8. The molecule has 3 N–H and O–H groups in total. The van der Waals surface area contributed by atoms with Crippen LogP contribution in [0.1, 0.15) is 34.3 Å². The lowest BCUT2D eigenvalue weighted by Gasteiger charge is -2.16. The first-order valence-electron chi connectivity index (χ1n) is 10.9. The van der Waals surface area contributed by atoms with Crippen LogP contribution in [0.25, 0.3) is 11.1 Å². The van der Waals surface area contributed by atoms with E-state index in [1.54, 1.807) is 6.07 Å². The normalized spacial score (nSPS) is 12.7. The van der Waals surface area contributed by atoms with Crippen molar-refractivity contribution >= 4 is 23.7 Å². The van der Waals surface area contributed by atoms with E-state index in [0.717, 1.165) is 22.3 Å². The average molecular weight is 476 g/mol. The number of ether oxygens (including phenoxy) is 2. The van der Waals surface area contributed by atoms with Crippen LogP contribution in [0.4, 0.5) is 10.5 Å². The molecule has 0 aliphatic heterocycles. The summed E-state index contributed by atoms with van der Waals surface area (Å²) in [6, 6.07) is 20.4. The Labute approximate surface area is 201 Å². The molecule has 3 aromatic carbocycles. The molecule has 1 unspecified atom stereocenters. The van der Waals surface area contributed by atoms with Gasteiger partial charge in [0.05, 0.1) is 18.4 Å². The lowest BCUT2D eigenvalue weighted by Crippen LogP contribution is -2.33. The molecular formula is C26H24N2O7. The van der Waals surface area contributed by atoms with Crippen molar-refractivity contribution in [2.45, 2.75) is 18.9 Å². The maximum Gasteiger partial charge on any atom is 0.411 e. The summed E-state index contributed by atoms with van der Waals surface area (Å²) >= 11 is 0. The van der Waals surface area contributed by atoms with Crippen LogP contribution < -0.4 is 15.5 Å². The Balaban J connectivity index is 1.47. The number of fused-ring (bicyclic) bond motifs is 3. The molecule has 0 radical (unpaired) electrons. The molecule has 9 heteroatoms. The Morgan fingerprint density at radius 2 is 1.60 bits per heavy atom. The molecule has 1 atom stereocenters. The number of carbonyl (C=O) groups is 3. The number of amides is 2. The number of hydroxylamine groups is 1. The second-order valence-corrected chi connectivity index (χ2v) is 7.89.